The van der Waals surface area contributed by atoms with E-state index < -0.39 is 0 Å². The maximum Gasteiger partial charge on any atom is 0.225 e. The van der Waals surface area contributed by atoms with Gasteiger partial charge in [-0.1, -0.05) is 13.0 Å². The van der Waals surface area contributed by atoms with E-state index in [0.717, 1.165) is 24.2 Å². The molecule has 0 aliphatic carbocycles. The Morgan fingerprint density at radius 1 is 1.52 bits per heavy atom. The normalized spacial score (nSPS) is 23.0. The monoisotopic (exact) mass is 291 g/mol. The van der Waals surface area contributed by atoms with E-state index in [0.29, 0.717) is 31.1 Å². The molecule has 0 saturated carbocycles. The summed E-state index contributed by atoms with van der Waals surface area (Å²) in [6, 6.07) is 5.51. The zero-order chi connectivity index (χ0) is 15.4. The number of hydrogen-bond donors (Lipinski definition) is 3. The van der Waals surface area contributed by atoms with Crippen LogP contribution in [0, 0.1) is 12.8 Å². The summed E-state index contributed by atoms with van der Waals surface area (Å²) in [5.41, 5.74) is 8.18. The highest BCUT2D eigenvalue weighted by molar-refractivity contribution is 5.92. The predicted molar refractivity (Wildman–Crippen MR) is 85.1 cm³/mol. The van der Waals surface area contributed by atoms with Crippen molar-refractivity contribution in [2.75, 3.05) is 30.7 Å². The third-order valence-corrected chi connectivity index (χ3v) is 4.31. The van der Waals surface area contributed by atoms with E-state index in [1.165, 1.54) is 0 Å². The molecule has 5 heteroatoms. The summed E-state index contributed by atoms with van der Waals surface area (Å²) in [6.45, 7) is 6.25. The van der Waals surface area contributed by atoms with Crippen LogP contribution in [0.25, 0.3) is 0 Å². The van der Waals surface area contributed by atoms with Gasteiger partial charge in [0.15, 0.2) is 0 Å². The van der Waals surface area contributed by atoms with Crippen molar-refractivity contribution >= 4 is 17.3 Å². The summed E-state index contributed by atoms with van der Waals surface area (Å²) in [5, 5.41) is 12.8. The lowest BCUT2D eigenvalue weighted by atomic mass is 9.96. The molecule has 21 heavy (non-hydrogen) atoms. The molecule has 1 amide bonds. The molecular weight excluding hydrogens is 266 g/mol. The van der Waals surface area contributed by atoms with Crippen molar-refractivity contribution in [2.24, 2.45) is 5.92 Å². The number of benzene rings is 1. The fourth-order valence-electron chi connectivity index (χ4n) is 2.58. The highest BCUT2D eigenvalue weighted by Crippen LogP contribution is 2.21. The van der Waals surface area contributed by atoms with Crippen molar-refractivity contribution < 1.29 is 9.90 Å². The van der Waals surface area contributed by atoms with Crippen LogP contribution in [-0.4, -0.2) is 41.7 Å². The van der Waals surface area contributed by atoms with Crippen LogP contribution < -0.4 is 11.1 Å². The molecule has 1 fully saturated rings. The Hall–Kier alpha value is -1.59. The minimum absolute atomic E-state index is 0.0168. The molecule has 4 N–H and O–H groups in total. The molecule has 1 heterocycles. The van der Waals surface area contributed by atoms with E-state index in [1.54, 1.807) is 0 Å². The third-order valence-electron chi connectivity index (χ3n) is 4.31. The van der Waals surface area contributed by atoms with Gasteiger partial charge in [0, 0.05) is 30.9 Å². The minimum Gasteiger partial charge on any atom is -0.398 e. The molecule has 0 radical (unpaired) electrons. The molecule has 116 valence electrons. The van der Waals surface area contributed by atoms with Gasteiger partial charge in [-0.15, -0.1) is 0 Å². The van der Waals surface area contributed by atoms with Crippen LogP contribution in [0.15, 0.2) is 18.2 Å². The summed E-state index contributed by atoms with van der Waals surface area (Å²) in [7, 11) is 0. The largest absolute Gasteiger partial charge is 0.398 e. The Balaban J connectivity index is 1.81. The van der Waals surface area contributed by atoms with Gasteiger partial charge in [-0.3, -0.25) is 4.79 Å². The molecule has 0 bridgehead atoms. The second kappa shape index (κ2) is 6.91. The van der Waals surface area contributed by atoms with Crippen molar-refractivity contribution in [1.82, 2.24) is 4.90 Å². The number of nitrogens with zero attached hydrogens (tertiary/aromatic N) is 1. The van der Waals surface area contributed by atoms with Crippen molar-refractivity contribution in [2.45, 2.75) is 32.8 Å². The summed E-state index contributed by atoms with van der Waals surface area (Å²) in [6.07, 6.45) is 1.13. The second-order valence-electron chi connectivity index (χ2n) is 5.95. The lowest BCUT2D eigenvalue weighted by molar-refractivity contribution is -0.116. The number of carbonyl (C=O) groups is 1. The fraction of sp³-hybridized carbons (Fsp3) is 0.562. The number of nitrogens with one attached hydrogen (secondary N) is 1. The van der Waals surface area contributed by atoms with Gasteiger partial charge in [0.1, 0.15) is 0 Å². The van der Waals surface area contributed by atoms with E-state index in [-0.39, 0.29) is 12.0 Å². The highest BCUT2D eigenvalue weighted by Gasteiger charge is 2.24. The molecule has 0 aromatic heterocycles. The quantitative estimate of drug-likeness (QED) is 0.736. The van der Waals surface area contributed by atoms with Gasteiger partial charge in [0.25, 0.3) is 0 Å². The zero-order valence-corrected chi connectivity index (χ0v) is 12.8. The molecule has 0 spiro atoms. The zero-order valence-electron chi connectivity index (χ0n) is 12.8. The number of nitrogens with two attached hydrogens (primary N) is 1. The SMILES string of the molecule is Cc1c(N)cccc1NC(=O)CCN1CCC(C)C(O)C1. The second-order valence-corrected chi connectivity index (χ2v) is 5.95. The first kappa shape index (κ1) is 15.8. The van der Waals surface area contributed by atoms with Crippen molar-refractivity contribution in [1.29, 1.82) is 0 Å². The average molecular weight is 291 g/mol. The number of anilines is 2. The molecule has 1 aliphatic heterocycles. The van der Waals surface area contributed by atoms with Crippen LogP contribution in [0.4, 0.5) is 11.4 Å². The molecular formula is C16H25N3O2. The Labute approximate surface area is 126 Å². The lowest BCUT2D eigenvalue weighted by Crippen LogP contribution is -2.43. The molecule has 1 aromatic rings. The summed E-state index contributed by atoms with van der Waals surface area (Å²) in [4.78, 5) is 14.2. The van der Waals surface area contributed by atoms with Crippen molar-refractivity contribution in [3.63, 3.8) is 0 Å². The number of carbonyl (C=O) groups excluding carboxylic acids is 1. The number of rotatable bonds is 4. The molecule has 2 rings (SSSR count). The minimum atomic E-state index is -0.280. The Morgan fingerprint density at radius 2 is 2.29 bits per heavy atom. The van der Waals surface area contributed by atoms with Gasteiger partial charge in [-0.05, 0) is 43.5 Å². The number of β-amino-alcohol motifs (C(OH)–C–C–N with tert-alkyl or cyclic N) is 1. The van der Waals surface area contributed by atoms with E-state index in [4.69, 9.17) is 5.73 Å². The van der Waals surface area contributed by atoms with Crippen molar-refractivity contribution in [3.8, 4) is 0 Å². The van der Waals surface area contributed by atoms with Gasteiger partial charge in [0.05, 0.1) is 6.10 Å². The topological polar surface area (TPSA) is 78.6 Å². The number of aliphatic hydroxyl groups excluding tert-OH is 1. The number of nitrogen functional groups attached to an aromatic ring is 1. The van der Waals surface area contributed by atoms with E-state index in [2.05, 4.69) is 17.1 Å². The number of aliphatic hydroxyl groups is 1. The van der Waals surface area contributed by atoms with Crippen LogP contribution in [0.5, 0.6) is 0 Å². The lowest BCUT2D eigenvalue weighted by Gasteiger charge is -2.34. The van der Waals surface area contributed by atoms with Gasteiger partial charge >= 0.3 is 0 Å². The van der Waals surface area contributed by atoms with E-state index >= 15 is 0 Å². The number of likely N-dealkylation sites (tertiary alicyclic amines) is 1. The average Bonchev–Trinajstić information content (AvgIpc) is 2.45. The molecule has 1 aromatic carbocycles. The van der Waals surface area contributed by atoms with Crippen LogP contribution in [0.3, 0.4) is 0 Å². The Bertz CT molecular complexity index is 504. The smallest absolute Gasteiger partial charge is 0.225 e. The summed E-state index contributed by atoms with van der Waals surface area (Å²) < 4.78 is 0. The van der Waals surface area contributed by atoms with Gasteiger partial charge in [-0.25, -0.2) is 0 Å². The fourth-order valence-corrected chi connectivity index (χ4v) is 2.58. The van der Waals surface area contributed by atoms with Gasteiger partial charge in [0.2, 0.25) is 5.91 Å². The molecule has 1 saturated heterocycles. The first-order valence-corrected chi connectivity index (χ1v) is 7.52. The van der Waals surface area contributed by atoms with Crippen LogP contribution in [0.1, 0.15) is 25.3 Å². The Morgan fingerprint density at radius 3 is 3.00 bits per heavy atom. The van der Waals surface area contributed by atoms with Crippen LogP contribution >= 0.6 is 0 Å². The first-order chi connectivity index (χ1) is 9.97. The number of amides is 1. The van der Waals surface area contributed by atoms with E-state index in [9.17, 15) is 9.90 Å². The first-order valence-electron chi connectivity index (χ1n) is 7.52. The summed E-state index contributed by atoms with van der Waals surface area (Å²) >= 11 is 0. The maximum atomic E-state index is 12.0. The van der Waals surface area contributed by atoms with E-state index in [1.807, 2.05) is 25.1 Å². The molecule has 2 atom stereocenters. The Kier molecular flexibility index (Phi) is 5.20. The standard InChI is InChI=1S/C16H25N3O2/c1-11-6-8-19(10-15(11)20)9-7-16(21)18-14-5-3-4-13(17)12(14)2/h3-5,11,15,20H,6-10,17H2,1-2H3,(H,18,21). The van der Waals surface area contributed by atoms with Gasteiger partial charge in [-0.2, -0.15) is 0 Å². The molecule has 5 nitrogen and oxygen atoms in total. The summed E-state index contributed by atoms with van der Waals surface area (Å²) in [5.74, 6) is 0.335. The van der Waals surface area contributed by atoms with Crippen LogP contribution in [0.2, 0.25) is 0 Å². The van der Waals surface area contributed by atoms with Gasteiger partial charge < -0.3 is 21.1 Å². The van der Waals surface area contributed by atoms with Crippen molar-refractivity contribution in [3.05, 3.63) is 23.8 Å². The molecule has 2 unspecified atom stereocenters. The predicted octanol–water partition coefficient (Wildman–Crippen LogP) is 1.61. The van der Waals surface area contributed by atoms with Crippen LogP contribution in [-0.2, 0) is 4.79 Å². The number of piperidine rings is 1. The molecule has 1 aliphatic rings. The third kappa shape index (κ3) is 4.19. The number of hydrogen-bond acceptors (Lipinski definition) is 4. The maximum absolute atomic E-state index is 12.0. The highest BCUT2D eigenvalue weighted by atomic mass is 16.3.